The van der Waals surface area contributed by atoms with Crippen LogP contribution in [0.5, 0.6) is 5.75 Å². The average molecular weight is 232 g/mol. The van der Waals surface area contributed by atoms with Gasteiger partial charge in [0.25, 0.3) is 0 Å². The van der Waals surface area contributed by atoms with Crippen LogP contribution in [0.3, 0.4) is 0 Å². The van der Waals surface area contributed by atoms with Crippen molar-refractivity contribution >= 4 is 11.6 Å². The van der Waals surface area contributed by atoms with E-state index in [-0.39, 0.29) is 10.8 Å². The number of halogens is 2. The molecule has 0 aliphatic carbocycles. The van der Waals surface area contributed by atoms with E-state index in [4.69, 9.17) is 16.3 Å². The second kappa shape index (κ2) is 6.64. The summed E-state index contributed by atoms with van der Waals surface area (Å²) in [6.07, 6.45) is 1.07. The third-order valence-corrected chi connectivity index (χ3v) is 2.17. The van der Waals surface area contributed by atoms with Gasteiger partial charge in [0.05, 0.1) is 5.02 Å². The summed E-state index contributed by atoms with van der Waals surface area (Å²) < 4.78 is 18.5. The van der Waals surface area contributed by atoms with Crippen LogP contribution in [-0.2, 0) is 0 Å². The van der Waals surface area contributed by atoms with Crippen LogP contribution >= 0.6 is 11.6 Å². The van der Waals surface area contributed by atoms with E-state index < -0.39 is 5.82 Å². The van der Waals surface area contributed by atoms with E-state index in [1.807, 2.05) is 0 Å². The quantitative estimate of drug-likeness (QED) is 0.761. The highest BCUT2D eigenvalue weighted by atomic mass is 35.5. The van der Waals surface area contributed by atoms with Gasteiger partial charge >= 0.3 is 0 Å². The van der Waals surface area contributed by atoms with Gasteiger partial charge in [-0.3, -0.25) is 0 Å². The zero-order chi connectivity index (χ0) is 11.1. The molecule has 1 rings (SSSR count). The standard InChI is InChI=1S/C11H15ClFNO/c1-2-6-14-7-8-15-10-5-3-4-9(12)11(10)13/h3-5,14H,2,6-8H2,1H3. The molecule has 0 spiro atoms. The summed E-state index contributed by atoms with van der Waals surface area (Å²) in [5, 5.41) is 3.25. The molecule has 1 aromatic carbocycles. The molecule has 0 aromatic heterocycles. The van der Waals surface area contributed by atoms with E-state index in [2.05, 4.69) is 12.2 Å². The smallest absolute Gasteiger partial charge is 0.183 e. The van der Waals surface area contributed by atoms with Gasteiger partial charge in [0.15, 0.2) is 11.6 Å². The van der Waals surface area contributed by atoms with Crippen LogP contribution in [0.2, 0.25) is 5.02 Å². The maximum atomic E-state index is 13.3. The predicted molar refractivity (Wildman–Crippen MR) is 60.1 cm³/mol. The lowest BCUT2D eigenvalue weighted by atomic mass is 10.3. The average Bonchev–Trinajstić information content (AvgIpc) is 2.24. The Hall–Kier alpha value is -0.800. The Balaban J connectivity index is 2.34. The lowest BCUT2D eigenvalue weighted by molar-refractivity contribution is 0.299. The molecule has 0 aliphatic heterocycles. The molecule has 0 radical (unpaired) electrons. The number of hydrogen-bond donors (Lipinski definition) is 1. The number of nitrogens with one attached hydrogen (secondary N) is 1. The molecule has 0 fully saturated rings. The predicted octanol–water partition coefficient (Wildman–Crippen LogP) is 2.86. The van der Waals surface area contributed by atoms with E-state index in [1.165, 1.54) is 6.07 Å². The van der Waals surface area contributed by atoms with Gasteiger partial charge in [0.2, 0.25) is 0 Å². The largest absolute Gasteiger partial charge is 0.489 e. The van der Waals surface area contributed by atoms with E-state index in [0.29, 0.717) is 13.2 Å². The van der Waals surface area contributed by atoms with Crippen molar-refractivity contribution in [3.05, 3.63) is 29.0 Å². The van der Waals surface area contributed by atoms with Crippen molar-refractivity contribution in [1.82, 2.24) is 5.32 Å². The van der Waals surface area contributed by atoms with Crippen molar-refractivity contribution < 1.29 is 9.13 Å². The van der Waals surface area contributed by atoms with E-state index >= 15 is 0 Å². The normalized spacial score (nSPS) is 10.3. The van der Waals surface area contributed by atoms with Crippen LogP contribution in [0, 0.1) is 5.82 Å². The van der Waals surface area contributed by atoms with E-state index in [1.54, 1.807) is 12.1 Å². The zero-order valence-corrected chi connectivity index (χ0v) is 9.48. The molecule has 1 N–H and O–H groups in total. The van der Waals surface area contributed by atoms with Gasteiger partial charge in [-0.2, -0.15) is 0 Å². The van der Waals surface area contributed by atoms with Crippen LogP contribution in [-0.4, -0.2) is 19.7 Å². The molecule has 0 unspecified atom stereocenters. The fourth-order valence-corrected chi connectivity index (χ4v) is 1.30. The highest BCUT2D eigenvalue weighted by Crippen LogP contribution is 2.23. The maximum Gasteiger partial charge on any atom is 0.183 e. The summed E-state index contributed by atoms with van der Waals surface area (Å²) in [6, 6.07) is 4.74. The lowest BCUT2D eigenvalue weighted by Gasteiger charge is -2.08. The Kier molecular flexibility index (Phi) is 5.43. The minimum atomic E-state index is -0.491. The SMILES string of the molecule is CCCNCCOc1cccc(Cl)c1F. The van der Waals surface area contributed by atoms with Crippen molar-refractivity contribution in [2.24, 2.45) is 0 Å². The van der Waals surface area contributed by atoms with Gasteiger partial charge in [-0.15, -0.1) is 0 Å². The van der Waals surface area contributed by atoms with Crippen molar-refractivity contribution in [3.8, 4) is 5.75 Å². The summed E-state index contributed by atoms with van der Waals surface area (Å²) >= 11 is 5.61. The van der Waals surface area contributed by atoms with Gasteiger partial charge in [0, 0.05) is 6.54 Å². The molecule has 0 saturated carbocycles. The minimum absolute atomic E-state index is 0.0917. The molecule has 0 amide bonds. The molecule has 0 atom stereocenters. The highest BCUT2D eigenvalue weighted by Gasteiger charge is 2.06. The van der Waals surface area contributed by atoms with Crippen molar-refractivity contribution in [1.29, 1.82) is 0 Å². The molecule has 4 heteroatoms. The molecule has 0 bridgehead atoms. The van der Waals surface area contributed by atoms with Crippen molar-refractivity contribution in [2.75, 3.05) is 19.7 Å². The molecular formula is C11H15ClFNO. The van der Waals surface area contributed by atoms with Gasteiger partial charge in [-0.1, -0.05) is 24.6 Å². The number of hydrogen-bond acceptors (Lipinski definition) is 2. The Bertz CT molecular complexity index is 307. The zero-order valence-electron chi connectivity index (χ0n) is 8.72. The molecule has 1 aromatic rings. The fourth-order valence-electron chi connectivity index (χ4n) is 1.13. The second-order valence-electron chi connectivity index (χ2n) is 3.15. The van der Waals surface area contributed by atoms with Gasteiger partial charge < -0.3 is 10.1 Å². The molecule has 0 saturated heterocycles. The van der Waals surface area contributed by atoms with Crippen LogP contribution in [0.1, 0.15) is 13.3 Å². The second-order valence-corrected chi connectivity index (χ2v) is 3.56. The Labute approximate surface area is 94.4 Å². The topological polar surface area (TPSA) is 21.3 Å². The maximum absolute atomic E-state index is 13.3. The molecular weight excluding hydrogens is 217 g/mol. The molecule has 2 nitrogen and oxygen atoms in total. The fraction of sp³-hybridized carbons (Fsp3) is 0.455. The van der Waals surface area contributed by atoms with Crippen LogP contribution in [0.4, 0.5) is 4.39 Å². The first-order valence-electron chi connectivity index (χ1n) is 5.03. The number of rotatable bonds is 6. The highest BCUT2D eigenvalue weighted by molar-refractivity contribution is 6.30. The minimum Gasteiger partial charge on any atom is -0.489 e. The third-order valence-electron chi connectivity index (χ3n) is 1.88. The first-order valence-corrected chi connectivity index (χ1v) is 5.41. The van der Waals surface area contributed by atoms with E-state index in [9.17, 15) is 4.39 Å². The third kappa shape index (κ3) is 4.06. The Morgan fingerprint density at radius 3 is 2.93 bits per heavy atom. The van der Waals surface area contributed by atoms with Gasteiger partial charge in [-0.25, -0.2) is 4.39 Å². The summed E-state index contributed by atoms with van der Waals surface area (Å²) in [5.74, 6) is -0.282. The Morgan fingerprint density at radius 2 is 2.20 bits per heavy atom. The number of benzene rings is 1. The first kappa shape index (κ1) is 12.3. The monoisotopic (exact) mass is 231 g/mol. The summed E-state index contributed by atoms with van der Waals surface area (Å²) in [7, 11) is 0. The number of ether oxygens (including phenoxy) is 1. The summed E-state index contributed by atoms with van der Waals surface area (Å²) in [4.78, 5) is 0. The Morgan fingerprint density at radius 1 is 1.40 bits per heavy atom. The van der Waals surface area contributed by atoms with Crippen LogP contribution in [0.15, 0.2) is 18.2 Å². The van der Waals surface area contributed by atoms with Crippen LogP contribution in [0.25, 0.3) is 0 Å². The van der Waals surface area contributed by atoms with Crippen molar-refractivity contribution in [2.45, 2.75) is 13.3 Å². The molecule has 0 heterocycles. The molecule has 0 aliphatic rings. The lowest BCUT2D eigenvalue weighted by Crippen LogP contribution is -2.21. The summed E-state index contributed by atoms with van der Waals surface area (Å²) in [6.45, 7) is 4.18. The van der Waals surface area contributed by atoms with Crippen molar-refractivity contribution in [3.63, 3.8) is 0 Å². The van der Waals surface area contributed by atoms with Gasteiger partial charge in [-0.05, 0) is 25.1 Å². The first-order chi connectivity index (χ1) is 7.25. The summed E-state index contributed by atoms with van der Waals surface area (Å²) in [5.41, 5.74) is 0. The van der Waals surface area contributed by atoms with Gasteiger partial charge in [0.1, 0.15) is 6.61 Å². The van der Waals surface area contributed by atoms with E-state index in [0.717, 1.165) is 13.0 Å². The molecule has 84 valence electrons. The molecule has 15 heavy (non-hydrogen) atoms. The van der Waals surface area contributed by atoms with Crippen LogP contribution < -0.4 is 10.1 Å².